The molecule has 0 aromatic heterocycles. The number of halogens is 2. The molecular weight excluding hydrogens is 195 g/mol. The lowest BCUT2D eigenvalue weighted by atomic mass is 10.0. The molecule has 1 nitrogen and oxygen atoms in total. The minimum Gasteiger partial charge on any atom is -0.374 e. The van der Waals surface area contributed by atoms with Crippen LogP contribution in [-0.2, 0) is 4.74 Å². The largest absolute Gasteiger partial charge is 0.374 e. The van der Waals surface area contributed by atoms with Crippen LogP contribution in [0.15, 0.2) is 22.8 Å². The monoisotopic (exact) mass is 206 g/mol. The van der Waals surface area contributed by atoms with Crippen LogP contribution < -0.4 is 0 Å². The standard InChI is InChI=1S/C9H12Cl2O/c1-3-6-4-5-7(10)9(12-2)8(6)11/h4-5,7,9H,3H2,1-2H3. The van der Waals surface area contributed by atoms with E-state index < -0.39 is 0 Å². The van der Waals surface area contributed by atoms with Crippen LogP contribution in [0.5, 0.6) is 0 Å². The van der Waals surface area contributed by atoms with E-state index in [2.05, 4.69) is 6.92 Å². The lowest BCUT2D eigenvalue weighted by Crippen LogP contribution is -2.25. The third-order valence-electron chi connectivity index (χ3n) is 1.96. The molecule has 1 rings (SSSR count). The first-order valence-corrected chi connectivity index (χ1v) is 4.75. The summed E-state index contributed by atoms with van der Waals surface area (Å²) in [7, 11) is 1.62. The van der Waals surface area contributed by atoms with Gasteiger partial charge in [0.25, 0.3) is 0 Å². The van der Waals surface area contributed by atoms with E-state index in [4.69, 9.17) is 27.9 Å². The van der Waals surface area contributed by atoms with Crippen molar-refractivity contribution in [3.05, 3.63) is 22.8 Å². The molecule has 0 saturated heterocycles. The van der Waals surface area contributed by atoms with Crippen LogP contribution >= 0.6 is 23.2 Å². The van der Waals surface area contributed by atoms with Gasteiger partial charge in [-0.05, 0) is 12.0 Å². The number of hydrogen-bond acceptors (Lipinski definition) is 1. The van der Waals surface area contributed by atoms with Crippen molar-refractivity contribution in [1.82, 2.24) is 0 Å². The van der Waals surface area contributed by atoms with Crippen LogP contribution in [0.25, 0.3) is 0 Å². The molecule has 0 radical (unpaired) electrons. The van der Waals surface area contributed by atoms with Crippen molar-refractivity contribution in [2.45, 2.75) is 24.8 Å². The van der Waals surface area contributed by atoms with Crippen molar-refractivity contribution in [2.75, 3.05) is 7.11 Å². The summed E-state index contributed by atoms with van der Waals surface area (Å²) in [6.45, 7) is 2.06. The van der Waals surface area contributed by atoms with Gasteiger partial charge in [-0.1, -0.05) is 30.7 Å². The molecule has 0 N–H and O–H groups in total. The Labute approximate surface area is 83.0 Å². The normalized spacial score (nSPS) is 29.7. The Hall–Kier alpha value is 0.0200. The van der Waals surface area contributed by atoms with Crippen molar-refractivity contribution in [3.8, 4) is 0 Å². The molecule has 1 aliphatic rings. The van der Waals surface area contributed by atoms with Gasteiger partial charge in [-0.3, -0.25) is 0 Å². The van der Waals surface area contributed by atoms with Crippen LogP contribution in [0.1, 0.15) is 13.3 Å². The number of allylic oxidation sites excluding steroid dienone is 2. The van der Waals surface area contributed by atoms with Crippen LogP contribution in [-0.4, -0.2) is 18.6 Å². The first-order valence-electron chi connectivity index (χ1n) is 3.94. The Bertz CT molecular complexity index is 221. The molecule has 12 heavy (non-hydrogen) atoms. The predicted octanol–water partition coefficient (Wildman–Crippen LogP) is 3.08. The number of ether oxygens (including phenoxy) is 1. The first kappa shape index (κ1) is 10.1. The average molecular weight is 207 g/mol. The third kappa shape index (κ3) is 1.85. The highest BCUT2D eigenvalue weighted by atomic mass is 35.5. The molecule has 0 heterocycles. The van der Waals surface area contributed by atoms with E-state index in [9.17, 15) is 0 Å². The molecule has 0 spiro atoms. The molecule has 2 unspecified atom stereocenters. The van der Waals surface area contributed by atoms with E-state index in [0.29, 0.717) is 0 Å². The Balaban J connectivity index is 2.88. The second-order valence-electron chi connectivity index (χ2n) is 2.69. The molecule has 0 amide bonds. The molecule has 0 bridgehead atoms. The van der Waals surface area contributed by atoms with Crippen molar-refractivity contribution in [3.63, 3.8) is 0 Å². The van der Waals surface area contributed by atoms with Gasteiger partial charge in [0.2, 0.25) is 0 Å². The lowest BCUT2D eigenvalue weighted by Gasteiger charge is -2.23. The van der Waals surface area contributed by atoms with E-state index in [1.165, 1.54) is 0 Å². The highest BCUT2D eigenvalue weighted by molar-refractivity contribution is 6.32. The average Bonchev–Trinajstić information content (AvgIpc) is 2.06. The maximum absolute atomic E-state index is 6.06. The van der Waals surface area contributed by atoms with Crippen molar-refractivity contribution >= 4 is 23.2 Å². The summed E-state index contributed by atoms with van der Waals surface area (Å²) < 4.78 is 5.17. The molecule has 0 aliphatic heterocycles. The van der Waals surface area contributed by atoms with Gasteiger partial charge in [-0.15, -0.1) is 11.6 Å². The second-order valence-corrected chi connectivity index (χ2v) is 3.60. The minimum atomic E-state index is -0.173. The fourth-order valence-corrected chi connectivity index (χ4v) is 2.02. The zero-order valence-electron chi connectivity index (χ0n) is 7.18. The Kier molecular flexibility index (Phi) is 3.63. The molecule has 3 heteroatoms. The Morgan fingerprint density at radius 2 is 2.25 bits per heavy atom. The van der Waals surface area contributed by atoms with Crippen LogP contribution in [0.2, 0.25) is 0 Å². The van der Waals surface area contributed by atoms with Crippen LogP contribution in [0.3, 0.4) is 0 Å². The summed E-state index contributed by atoms with van der Waals surface area (Å²) in [5.74, 6) is 0. The van der Waals surface area contributed by atoms with E-state index >= 15 is 0 Å². The number of methoxy groups -OCH3 is 1. The van der Waals surface area contributed by atoms with Gasteiger partial charge in [0.15, 0.2) is 0 Å². The van der Waals surface area contributed by atoms with Crippen LogP contribution in [0, 0.1) is 0 Å². The van der Waals surface area contributed by atoms with Crippen molar-refractivity contribution < 1.29 is 4.74 Å². The smallest absolute Gasteiger partial charge is 0.113 e. The number of hydrogen-bond donors (Lipinski definition) is 0. The minimum absolute atomic E-state index is 0.141. The third-order valence-corrected chi connectivity index (χ3v) is 2.79. The molecule has 1 aliphatic carbocycles. The molecule has 0 saturated carbocycles. The summed E-state index contributed by atoms with van der Waals surface area (Å²) >= 11 is 12.0. The molecule has 68 valence electrons. The second kappa shape index (κ2) is 4.31. The van der Waals surface area contributed by atoms with Crippen molar-refractivity contribution in [1.29, 1.82) is 0 Å². The van der Waals surface area contributed by atoms with E-state index in [1.54, 1.807) is 7.11 Å². The summed E-state index contributed by atoms with van der Waals surface area (Å²) in [5, 5.41) is 0.598. The maximum atomic E-state index is 6.06. The van der Waals surface area contributed by atoms with Gasteiger partial charge >= 0.3 is 0 Å². The van der Waals surface area contributed by atoms with E-state index in [1.807, 2.05) is 12.2 Å². The first-order chi connectivity index (χ1) is 5.70. The number of alkyl halides is 1. The maximum Gasteiger partial charge on any atom is 0.113 e. The quantitative estimate of drug-likeness (QED) is 0.632. The summed E-state index contributed by atoms with van der Waals surface area (Å²) in [6.07, 6.45) is 4.63. The highest BCUT2D eigenvalue weighted by Gasteiger charge is 2.24. The predicted molar refractivity (Wildman–Crippen MR) is 52.7 cm³/mol. The number of rotatable bonds is 2. The topological polar surface area (TPSA) is 9.23 Å². The van der Waals surface area contributed by atoms with Crippen LogP contribution in [0.4, 0.5) is 0 Å². The van der Waals surface area contributed by atoms with E-state index in [-0.39, 0.29) is 11.5 Å². The highest BCUT2D eigenvalue weighted by Crippen LogP contribution is 2.29. The van der Waals surface area contributed by atoms with Gasteiger partial charge in [0.1, 0.15) is 6.10 Å². The molecule has 0 aromatic carbocycles. The summed E-state index contributed by atoms with van der Waals surface area (Å²) in [6, 6.07) is 0. The zero-order valence-corrected chi connectivity index (χ0v) is 8.69. The molecule has 0 fully saturated rings. The van der Waals surface area contributed by atoms with Gasteiger partial charge < -0.3 is 4.74 Å². The van der Waals surface area contributed by atoms with Gasteiger partial charge in [0.05, 0.1) is 10.4 Å². The fourth-order valence-electron chi connectivity index (χ4n) is 1.23. The van der Waals surface area contributed by atoms with Gasteiger partial charge in [-0.2, -0.15) is 0 Å². The molecular formula is C9H12Cl2O. The van der Waals surface area contributed by atoms with Crippen molar-refractivity contribution in [2.24, 2.45) is 0 Å². The Morgan fingerprint density at radius 3 is 2.75 bits per heavy atom. The zero-order chi connectivity index (χ0) is 9.14. The summed E-state index contributed by atoms with van der Waals surface area (Å²) in [4.78, 5) is 0. The summed E-state index contributed by atoms with van der Waals surface area (Å²) in [5.41, 5.74) is 1.11. The fraction of sp³-hybridized carbons (Fsp3) is 0.556. The van der Waals surface area contributed by atoms with E-state index in [0.717, 1.165) is 17.0 Å². The SMILES string of the molecule is CCC1=C(Cl)C(OC)C(Cl)C=C1. The lowest BCUT2D eigenvalue weighted by molar-refractivity contribution is 0.140. The molecule has 2 atom stereocenters. The van der Waals surface area contributed by atoms with Gasteiger partial charge in [-0.25, -0.2) is 0 Å². The van der Waals surface area contributed by atoms with Gasteiger partial charge in [0, 0.05) is 7.11 Å². The molecule has 0 aromatic rings. The Morgan fingerprint density at radius 1 is 1.58 bits per heavy atom.